The van der Waals surface area contributed by atoms with Crippen molar-refractivity contribution >= 4 is 11.9 Å². The lowest BCUT2D eigenvalue weighted by Gasteiger charge is -2.30. The summed E-state index contributed by atoms with van der Waals surface area (Å²) < 4.78 is 28.4. The van der Waals surface area contributed by atoms with Crippen LogP contribution in [0, 0.1) is 5.92 Å². The van der Waals surface area contributed by atoms with Crippen molar-refractivity contribution in [1.29, 1.82) is 0 Å². The Morgan fingerprint density at radius 2 is 1.89 bits per heavy atom. The molecule has 3 aliphatic heterocycles. The van der Waals surface area contributed by atoms with Gasteiger partial charge in [0.15, 0.2) is 17.6 Å². The van der Waals surface area contributed by atoms with Crippen LogP contribution >= 0.6 is 0 Å². The highest BCUT2D eigenvalue weighted by molar-refractivity contribution is 5.80. The normalized spacial score (nSPS) is 24.8. The first kappa shape index (κ1) is 25.9. The maximum atomic E-state index is 13.6. The van der Waals surface area contributed by atoms with Gasteiger partial charge in [0.2, 0.25) is 6.79 Å². The molecule has 1 fully saturated rings. The molecule has 4 atom stereocenters. The molecule has 4 aliphatic rings. The van der Waals surface area contributed by atoms with Gasteiger partial charge in [-0.25, -0.2) is 0 Å². The van der Waals surface area contributed by atoms with E-state index in [1.54, 1.807) is 21.0 Å². The first-order chi connectivity index (χ1) is 17.7. The first-order valence-electron chi connectivity index (χ1n) is 13.1. The molecule has 0 aromatic heterocycles. The van der Waals surface area contributed by atoms with Gasteiger partial charge in [-0.3, -0.25) is 14.5 Å². The number of aliphatic hydroxyl groups is 1. The largest absolute Gasteiger partial charge is 0.497 e. The molecule has 1 aromatic carbocycles. The molecule has 2 unspecified atom stereocenters. The van der Waals surface area contributed by atoms with E-state index in [4.69, 9.17) is 23.7 Å². The zero-order valence-corrected chi connectivity index (χ0v) is 22.1. The summed E-state index contributed by atoms with van der Waals surface area (Å²) in [4.78, 5) is 28.2. The smallest absolute Gasteiger partial charge is 0.310 e. The fourth-order valence-corrected chi connectivity index (χ4v) is 6.33. The second-order valence-corrected chi connectivity index (χ2v) is 11.0. The molecule has 0 bridgehead atoms. The lowest BCUT2D eigenvalue weighted by molar-refractivity contribution is -0.159. The van der Waals surface area contributed by atoms with E-state index in [1.165, 1.54) is 12.7 Å². The number of carbonyl (C=O) groups is 2. The minimum absolute atomic E-state index is 0.0672. The Bertz CT molecular complexity index is 1090. The average molecular weight is 516 g/mol. The number of ether oxygens (including phenoxy) is 5. The van der Waals surface area contributed by atoms with Crippen LogP contribution in [0.25, 0.3) is 0 Å². The molecule has 1 saturated heterocycles. The van der Waals surface area contributed by atoms with Crippen LogP contribution in [-0.4, -0.2) is 73.8 Å². The summed E-state index contributed by atoms with van der Waals surface area (Å²) in [5.74, 6) is 0.451. The maximum Gasteiger partial charge on any atom is 0.310 e. The minimum atomic E-state index is -0.851. The van der Waals surface area contributed by atoms with Crippen LogP contribution in [0.4, 0.5) is 0 Å². The van der Waals surface area contributed by atoms with Crippen LogP contribution in [0.2, 0.25) is 0 Å². The number of benzene rings is 1. The summed E-state index contributed by atoms with van der Waals surface area (Å²) in [6.45, 7) is 5.50. The van der Waals surface area contributed by atoms with Crippen molar-refractivity contribution in [3.8, 4) is 11.5 Å². The summed E-state index contributed by atoms with van der Waals surface area (Å²) in [6.07, 6.45) is 2.57. The number of nitrogens with zero attached hydrogens (tertiary/aromatic N) is 1. The van der Waals surface area contributed by atoms with Crippen molar-refractivity contribution in [2.24, 2.45) is 5.92 Å². The number of rotatable bonds is 9. The Labute approximate surface area is 217 Å². The second kappa shape index (κ2) is 10.2. The number of hydrogen-bond acceptors (Lipinski definition) is 9. The predicted octanol–water partition coefficient (Wildman–Crippen LogP) is 3.08. The second-order valence-electron chi connectivity index (χ2n) is 11.0. The Hall–Kier alpha value is -2.78. The standard InChI is InChI=1S/C28H37NO8/c1-28(2,32)9-5-6-17(13-22(30)33-3)27(31)37-26-23-19-14-21-20(35-15-36-21)12-16(19)7-10-29-11-8-18(24(23)29)25(26)34-4/h12,14,17,23-24,26,32H,5-11,13,15H2,1-4H3/t17?,23-,24?,26-/m0/s1. The summed E-state index contributed by atoms with van der Waals surface area (Å²) in [6, 6.07) is 4.18. The molecule has 3 heterocycles. The maximum absolute atomic E-state index is 13.6. The fraction of sp³-hybridized carbons (Fsp3) is 0.643. The number of hydrogen-bond donors (Lipinski definition) is 1. The number of fused-ring (bicyclic) bond motifs is 3. The topological polar surface area (TPSA) is 104 Å². The van der Waals surface area contributed by atoms with Crippen molar-refractivity contribution in [2.75, 3.05) is 34.1 Å². The monoisotopic (exact) mass is 515 g/mol. The van der Waals surface area contributed by atoms with Crippen molar-refractivity contribution in [3.05, 3.63) is 34.6 Å². The van der Waals surface area contributed by atoms with E-state index in [2.05, 4.69) is 11.0 Å². The van der Waals surface area contributed by atoms with Gasteiger partial charge in [0.25, 0.3) is 0 Å². The van der Waals surface area contributed by atoms with E-state index in [-0.39, 0.29) is 25.2 Å². The molecule has 5 rings (SSSR count). The third-order valence-electron chi connectivity index (χ3n) is 8.10. The SMILES string of the molecule is COC(=O)CC(CCCC(C)(C)O)C(=O)O[C@@H]1C(OC)=C2CCN3CCc4cc5c(cc4[C@H]1C23)OCO5. The van der Waals surface area contributed by atoms with Crippen LogP contribution < -0.4 is 9.47 Å². The van der Waals surface area contributed by atoms with Crippen LogP contribution in [0.1, 0.15) is 63.0 Å². The molecule has 0 radical (unpaired) electrons. The first-order valence-corrected chi connectivity index (χ1v) is 13.1. The molecule has 1 N–H and O–H groups in total. The highest BCUT2D eigenvalue weighted by atomic mass is 16.7. The molecule has 1 aliphatic carbocycles. The zero-order chi connectivity index (χ0) is 26.3. The Kier molecular flexibility index (Phi) is 7.11. The van der Waals surface area contributed by atoms with Crippen LogP contribution in [-0.2, 0) is 30.2 Å². The van der Waals surface area contributed by atoms with E-state index in [0.29, 0.717) is 30.8 Å². The molecule has 202 valence electrons. The molecular formula is C28H37NO8. The van der Waals surface area contributed by atoms with Crippen molar-refractivity contribution in [1.82, 2.24) is 4.90 Å². The molecule has 9 heteroatoms. The van der Waals surface area contributed by atoms with E-state index in [0.717, 1.165) is 42.8 Å². The van der Waals surface area contributed by atoms with Crippen molar-refractivity contribution in [3.63, 3.8) is 0 Å². The lowest BCUT2D eigenvalue weighted by Crippen LogP contribution is -2.38. The van der Waals surface area contributed by atoms with E-state index in [9.17, 15) is 14.7 Å². The van der Waals surface area contributed by atoms with Crippen molar-refractivity contribution < 1.29 is 38.4 Å². The summed E-state index contributed by atoms with van der Waals surface area (Å²) in [5, 5.41) is 10.1. The molecular weight excluding hydrogens is 478 g/mol. The van der Waals surface area contributed by atoms with Gasteiger partial charge in [-0.15, -0.1) is 0 Å². The predicted molar refractivity (Wildman–Crippen MR) is 133 cm³/mol. The molecule has 1 aromatic rings. The lowest BCUT2D eigenvalue weighted by atomic mass is 9.86. The van der Waals surface area contributed by atoms with Crippen LogP contribution in [0.15, 0.2) is 23.5 Å². The van der Waals surface area contributed by atoms with Crippen LogP contribution in [0.5, 0.6) is 11.5 Å². The van der Waals surface area contributed by atoms with E-state index < -0.39 is 29.6 Å². The van der Waals surface area contributed by atoms with E-state index >= 15 is 0 Å². The molecule has 0 saturated carbocycles. The van der Waals surface area contributed by atoms with E-state index in [1.807, 2.05) is 6.07 Å². The van der Waals surface area contributed by atoms with Gasteiger partial charge in [0.1, 0.15) is 5.76 Å². The van der Waals surface area contributed by atoms with Gasteiger partial charge in [0.05, 0.1) is 32.2 Å². The summed E-state index contributed by atoms with van der Waals surface area (Å²) >= 11 is 0. The average Bonchev–Trinajstić information content (AvgIpc) is 3.52. The summed E-state index contributed by atoms with van der Waals surface area (Å²) in [5.41, 5.74) is 2.59. The zero-order valence-electron chi connectivity index (χ0n) is 22.1. The van der Waals surface area contributed by atoms with Gasteiger partial charge in [-0.1, -0.05) is 0 Å². The van der Waals surface area contributed by atoms with Gasteiger partial charge in [0, 0.05) is 25.0 Å². The molecule has 0 amide bonds. The molecule has 9 nitrogen and oxygen atoms in total. The fourth-order valence-electron chi connectivity index (χ4n) is 6.33. The quantitative estimate of drug-likeness (QED) is 0.497. The Morgan fingerprint density at radius 3 is 2.59 bits per heavy atom. The highest BCUT2D eigenvalue weighted by Crippen LogP contribution is 2.52. The van der Waals surface area contributed by atoms with Gasteiger partial charge < -0.3 is 28.8 Å². The molecule has 37 heavy (non-hydrogen) atoms. The van der Waals surface area contributed by atoms with Gasteiger partial charge in [-0.05, 0) is 74.8 Å². The third-order valence-corrected chi connectivity index (χ3v) is 8.10. The third kappa shape index (κ3) is 5.03. The van der Waals surface area contributed by atoms with Gasteiger partial charge in [-0.2, -0.15) is 0 Å². The highest BCUT2D eigenvalue weighted by Gasteiger charge is 2.53. The Morgan fingerprint density at radius 1 is 1.16 bits per heavy atom. The Balaban J connectivity index is 1.45. The van der Waals surface area contributed by atoms with Crippen molar-refractivity contribution in [2.45, 2.75) is 76.0 Å². The number of esters is 2. The minimum Gasteiger partial charge on any atom is -0.497 e. The summed E-state index contributed by atoms with van der Waals surface area (Å²) in [7, 11) is 2.95. The number of carbonyl (C=O) groups excluding carboxylic acids is 2. The van der Waals surface area contributed by atoms with Crippen LogP contribution in [0.3, 0.4) is 0 Å². The van der Waals surface area contributed by atoms with Gasteiger partial charge >= 0.3 is 11.9 Å². The molecule has 0 spiro atoms. The number of methoxy groups -OCH3 is 2.